The molecule has 0 saturated heterocycles. The van der Waals surface area contributed by atoms with Crippen LogP contribution in [0.1, 0.15) is 15.9 Å². The number of rotatable bonds is 3. The van der Waals surface area contributed by atoms with Crippen LogP contribution >= 0.6 is 0 Å². The van der Waals surface area contributed by atoms with Gasteiger partial charge in [0.25, 0.3) is 0 Å². The molecule has 0 unspecified atom stereocenters. The number of nitriles is 1. The van der Waals surface area contributed by atoms with E-state index in [0.29, 0.717) is 12.2 Å². The van der Waals surface area contributed by atoms with Gasteiger partial charge in [-0.3, -0.25) is 0 Å². The maximum atomic E-state index is 12.7. The Hall–Kier alpha value is -2.67. The van der Waals surface area contributed by atoms with Crippen LogP contribution in [0, 0.1) is 17.1 Å². The third kappa shape index (κ3) is 3.39. The number of nitrogens with zero attached hydrogens (tertiary/aromatic N) is 1. The lowest BCUT2D eigenvalue weighted by Gasteiger charge is -2.04. The summed E-state index contributed by atoms with van der Waals surface area (Å²) in [4.78, 5) is 11.7. The maximum absolute atomic E-state index is 12.7. The fraction of sp³-hybridized carbons (Fsp3) is 0.0667. The van der Waals surface area contributed by atoms with Gasteiger partial charge in [0.1, 0.15) is 11.6 Å². The topological polar surface area (TPSA) is 50.1 Å². The van der Waals surface area contributed by atoms with Crippen LogP contribution in [0.5, 0.6) is 5.75 Å². The van der Waals surface area contributed by atoms with Gasteiger partial charge in [-0.2, -0.15) is 5.26 Å². The second-order valence-electron chi connectivity index (χ2n) is 3.88. The van der Waals surface area contributed by atoms with Crippen molar-refractivity contribution in [2.75, 3.05) is 0 Å². The molecule has 0 aliphatic carbocycles. The van der Waals surface area contributed by atoms with Crippen molar-refractivity contribution in [1.29, 1.82) is 5.26 Å². The molecule has 0 N–H and O–H groups in total. The molecule has 0 bridgehead atoms. The Labute approximate surface area is 109 Å². The lowest BCUT2D eigenvalue weighted by molar-refractivity contribution is 0.0734. The number of esters is 1. The molecule has 3 nitrogen and oxygen atoms in total. The molecule has 0 radical (unpaired) electrons. The predicted molar refractivity (Wildman–Crippen MR) is 67.1 cm³/mol. The highest BCUT2D eigenvalue weighted by Crippen LogP contribution is 2.14. The van der Waals surface area contributed by atoms with E-state index in [1.165, 1.54) is 24.3 Å². The summed E-state index contributed by atoms with van der Waals surface area (Å²) in [6.45, 7) is 0. The average Bonchev–Trinajstić information content (AvgIpc) is 2.42. The third-order valence-corrected chi connectivity index (χ3v) is 2.50. The quantitative estimate of drug-likeness (QED) is 0.625. The minimum absolute atomic E-state index is 0.280. The third-order valence-electron chi connectivity index (χ3n) is 2.50. The Bertz CT molecular complexity index is 612. The molecule has 0 heterocycles. The Morgan fingerprint density at radius 1 is 1.11 bits per heavy atom. The number of hydrogen-bond acceptors (Lipinski definition) is 3. The highest BCUT2D eigenvalue weighted by molar-refractivity contribution is 5.90. The van der Waals surface area contributed by atoms with Crippen molar-refractivity contribution < 1.29 is 13.9 Å². The summed E-state index contributed by atoms with van der Waals surface area (Å²) in [6, 6.07) is 13.8. The van der Waals surface area contributed by atoms with Gasteiger partial charge in [0.2, 0.25) is 0 Å². The zero-order valence-electron chi connectivity index (χ0n) is 9.97. The van der Waals surface area contributed by atoms with Crippen LogP contribution in [0.15, 0.2) is 48.5 Å². The number of halogens is 1. The number of benzene rings is 2. The molecule has 0 aliphatic heterocycles. The van der Waals surface area contributed by atoms with Gasteiger partial charge in [0.05, 0.1) is 18.1 Å². The Balaban J connectivity index is 2.06. The molecule has 19 heavy (non-hydrogen) atoms. The first kappa shape index (κ1) is 12.8. The molecule has 2 rings (SSSR count). The molecule has 4 heteroatoms. The number of hydrogen-bond donors (Lipinski definition) is 0. The highest BCUT2D eigenvalue weighted by Gasteiger charge is 2.08. The Kier molecular flexibility index (Phi) is 3.89. The molecule has 2 aromatic rings. The molecule has 0 aliphatic rings. The second kappa shape index (κ2) is 5.78. The second-order valence-corrected chi connectivity index (χ2v) is 3.88. The van der Waals surface area contributed by atoms with Crippen LogP contribution in [0.2, 0.25) is 0 Å². The Morgan fingerprint density at radius 3 is 2.32 bits per heavy atom. The van der Waals surface area contributed by atoms with Crippen molar-refractivity contribution in [3.8, 4) is 11.8 Å². The first-order valence-electron chi connectivity index (χ1n) is 5.62. The summed E-state index contributed by atoms with van der Waals surface area (Å²) < 4.78 is 17.8. The monoisotopic (exact) mass is 255 g/mol. The normalized spacial score (nSPS) is 9.68. The van der Waals surface area contributed by atoms with Crippen molar-refractivity contribution in [2.45, 2.75) is 6.42 Å². The van der Waals surface area contributed by atoms with Crippen LogP contribution < -0.4 is 4.74 Å². The van der Waals surface area contributed by atoms with Gasteiger partial charge in [-0.25, -0.2) is 9.18 Å². The minimum Gasteiger partial charge on any atom is -0.423 e. The summed E-state index contributed by atoms with van der Waals surface area (Å²) in [5.74, 6) is -0.568. The standard InChI is InChI=1S/C15H10FNO2/c16-13-5-3-12(4-6-13)15(18)19-14-7-1-11(2-8-14)9-10-17/h1-8H,9H2. The minimum atomic E-state index is -0.548. The van der Waals surface area contributed by atoms with E-state index in [9.17, 15) is 9.18 Å². The van der Waals surface area contributed by atoms with Gasteiger partial charge in [-0.05, 0) is 42.0 Å². The summed E-state index contributed by atoms with van der Waals surface area (Å²) in [7, 11) is 0. The molecule has 0 atom stereocenters. The van der Waals surface area contributed by atoms with Gasteiger partial charge in [-0.1, -0.05) is 12.1 Å². The van der Waals surface area contributed by atoms with Crippen LogP contribution in [-0.2, 0) is 6.42 Å². The van der Waals surface area contributed by atoms with Gasteiger partial charge in [-0.15, -0.1) is 0 Å². The van der Waals surface area contributed by atoms with Gasteiger partial charge in [0.15, 0.2) is 0 Å². The molecule has 0 fully saturated rings. The summed E-state index contributed by atoms with van der Waals surface area (Å²) in [6.07, 6.45) is 0.312. The first-order valence-corrected chi connectivity index (χ1v) is 5.62. The lowest BCUT2D eigenvalue weighted by atomic mass is 10.1. The van der Waals surface area contributed by atoms with E-state index in [2.05, 4.69) is 0 Å². The summed E-state index contributed by atoms with van der Waals surface area (Å²) in [5, 5.41) is 8.54. The van der Waals surface area contributed by atoms with E-state index >= 15 is 0 Å². The predicted octanol–water partition coefficient (Wildman–Crippen LogP) is 3.11. The molecular formula is C15H10FNO2. The van der Waals surface area contributed by atoms with Crippen LogP contribution in [-0.4, -0.2) is 5.97 Å². The number of carbonyl (C=O) groups excluding carboxylic acids is 1. The maximum Gasteiger partial charge on any atom is 0.343 e. The smallest absolute Gasteiger partial charge is 0.343 e. The average molecular weight is 255 g/mol. The molecular weight excluding hydrogens is 245 g/mol. The molecule has 0 amide bonds. The van der Waals surface area contributed by atoms with Crippen molar-refractivity contribution in [3.05, 3.63) is 65.5 Å². The van der Waals surface area contributed by atoms with Gasteiger partial charge < -0.3 is 4.74 Å². The van der Waals surface area contributed by atoms with E-state index in [4.69, 9.17) is 10.00 Å². The van der Waals surface area contributed by atoms with Crippen molar-refractivity contribution >= 4 is 5.97 Å². The van der Waals surface area contributed by atoms with E-state index in [-0.39, 0.29) is 5.56 Å². The van der Waals surface area contributed by atoms with Crippen LogP contribution in [0.3, 0.4) is 0 Å². The fourth-order valence-corrected chi connectivity index (χ4v) is 1.52. The highest BCUT2D eigenvalue weighted by atomic mass is 19.1. The van der Waals surface area contributed by atoms with E-state index in [0.717, 1.165) is 5.56 Å². The number of carbonyl (C=O) groups is 1. The molecule has 2 aromatic carbocycles. The van der Waals surface area contributed by atoms with Crippen LogP contribution in [0.4, 0.5) is 4.39 Å². The zero-order chi connectivity index (χ0) is 13.7. The van der Waals surface area contributed by atoms with E-state index < -0.39 is 11.8 Å². The van der Waals surface area contributed by atoms with Crippen molar-refractivity contribution in [2.24, 2.45) is 0 Å². The Morgan fingerprint density at radius 2 is 1.74 bits per heavy atom. The first-order chi connectivity index (χ1) is 9.19. The summed E-state index contributed by atoms with van der Waals surface area (Å²) >= 11 is 0. The van der Waals surface area contributed by atoms with E-state index in [1.807, 2.05) is 6.07 Å². The largest absolute Gasteiger partial charge is 0.423 e. The van der Waals surface area contributed by atoms with Gasteiger partial charge in [0, 0.05) is 0 Å². The number of ether oxygens (including phenoxy) is 1. The van der Waals surface area contributed by atoms with E-state index in [1.54, 1.807) is 24.3 Å². The van der Waals surface area contributed by atoms with Gasteiger partial charge >= 0.3 is 5.97 Å². The van der Waals surface area contributed by atoms with Crippen molar-refractivity contribution in [1.82, 2.24) is 0 Å². The lowest BCUT2D eigenvalue weighted by Crippen LogP contribution is -2.08. The molecule has 0 saturated carbocycles. The fourth-order valence-electron chi connectivity index (χ4n) is 1.52. The summed E-state index contributed by atoms with van der Waals surface area (Å²) in [5.41, 5.74) is 1.13. The van der Waals surface area contributed by atoms with Crippen LogP contribution in [0.25, 0.3) is 0 Å². The van der Waals surface area contributed by atoms with Crippen molar-refractivity contribution in [3.63, 3.8) is 0 Å². The zero-order valence-corrected chi connectivity index (χ0v) is 9.97. The molecule has 94 valence electrons. The molecule has 0 spiro atoms. The molecule has 0 aromatic heterocycles. The SMILES string of the molecule is N#CCc1ccc(OC(=O)c2ccc(F)cc2)cc1.